The third-order valence-corrected chi connectivity index (χ3v) is 3.45. The first-order valence-electron chi connectivity index (χ1n) is 6.11. The number of hydrogen-bond acceptors (Lipinski definition) is 3. The molecule has 1 heterocycles. The van der Waals surface area contributed by atoms with Crippen LogP contribution in [0.2, 0.25) is 0 Å². The molecule has 4 heteroatoms. The van der Waals surface area contributed by atoms with E-state index in [1.54, 1.807) is 0 Å². The minimum atomic E-state index is -0.161. The summed E-state index contributed by atoms with van der Waals surface area (Å²) in [4.78, 5) is 25.1. The zero-order valence-corrected chi connectivity index (χ0v) is 10.6. The molecule has 0 spiro atoms. The molecule has 0 saturated carbocycles. The smallest absolute Gasteiger partial charge is 0.232 e. The number of carbonyl (C=O) groups excluding carboxylic acids is 2. The van der Waals surface area contributed by atoms with E-state index in [1.807, 2.05) is 20.8 Å². The molecule has 3 unspecified atom stereocenters. The first-order chi connectivity index (χ1) is 7.52. The van der Waals surface area contributed by atoms with E-state index in [9.17, 15) is 9.59 Å². The fraction of sp³-hybridized carbons (Fsp3) is 0.833. The maximum Gasteiger partial charge on any atom is 0.232 e. The lowest BCUT2D eigenvalue weighted by Gasteiger charge is -2.22. The largest absolute Gasteiger partial charge is 0.312 e. The molecule has 92 valence electrons. The Bertz CT molecular complexity index is 258. The van der Waals surface area contributed by atoms with Crippen molar-refractivity contribution in [1.82, 2.24) is 10.2 Å². The van der Waals surface area contributed by atoms with Gasteiger partial charge in [-0.25, -0.2) is 0 Å². The van der Waals surface area contributed by atoms with Crippen LogP contribution >= 0.6 is 0 Å². The Morgan fingerprint density at radius 1 is 1.19 bits per heavy atom. The number of rotatable bonds is 5. The zero-order valence-electron chi connectivity index (χ0n) is 10.6. The Kier molecular flexibility index (Phi) is 4.47. The number of nitrogens with one attached hydrogen (secondary N) is 1. The first-order valence-corrected chi connectivity index (χ1v) is 6.11. The van der Waals surface area contributed by atoms with Gasteiger partial charge in [0.25, 0.3) is 0 Å². The molecule has 1 fully saturated rings. The van der Waals surface area contributed by atoms with Crippen molar-refractivity contribution in [3.8, 4) is 0 Å². The molecule has 1 N–H and O–H groups in total. The van der Waals surface area contributed by atoms with Crippen LogP contribution in [-0.2, 0) is 9.59 Å². The summed E-state index contributed by atoms with van der Waals surface area (Å²) < 4.78 is 0. The van der Waals surface area contributed by atoms with Gasteiger partial charge in [0.05, 0.1) is 0 Å². The SMILES string of the molecule is CCNC(CC)CN1C(=O)C(C)C(C)C1=O. The van der Waals surface area contributed by atoms with E-state index >= 15 is 0 Å². The molecule has 0 aliphatic carbocycles. The zero-order chi connectivity index (χ0) is 12.3. The molecule has 1 rings (SSSR count). The van der Waals surface area contributed by atoms with Gasteiger partial charge in [-0.2, -0.15) is 0 Å². The number of imide groups is 1. The molecule has 1 aliphatic heterocycles. The average Bonchev–Trinajstić information content (AvgIpc) is 2.46. The van der Waals surface area contributed by atoms with Crippen molar-refractivity contribution in [3.05, 3.63) is 0 Å². The van der Waals surface area contributed by atoms with Gasteiger partial charge >= 0.3 is 0 Å². The highest BCUT2D eigenvalue weighted by Gasteiger charge is 2.42. The highest BCUT2D eigenvalue weighted by atomic mass is 16.2. The quantitative estimate of drug-likeness (QED) is 0.712. The van der Waals surface area contributed by atoms with Gasteiger partial charge in [-0.1, -0.05) is 27.7 Å². The highest BCUT2D eigenvalue weighted by Crippen LogP contribution is 2.25. The number of carbonyl (C=O) groups is 2. The topological polar surface area (TPSA) is 49.4 Å². The van der Waals surface area contributed by atoms with Crippen molar-refractivity contribution >= 4 is 11.8 Å². The molecular weight excluding hydrogens is 204 g/mol. The molecule has 1 saturated heterocycles. The number of amides is 2. The fourth-order valence-electron chi connectivity index (χ4n) is 2.05. The van der Waals surface area contributed by atoms with Crippen molar-refractivity contribution in [1.29, 1.82) is 0 Å². The van der Waals surface area contributed by atoms with Crippen molar-refractivity contribution in [2.75, 3.05) is 13.1 Å². The van der Waals surface area contributed by atoms with Gasteiger partial charge in [-0.15, -0.1) is 0 Å². The second kappa shape index (κ2) is 5.43. The third-order valence-electron chi connectivity index (χ3n) is 3.45. The van der Waals surface area contributed by atoms with Gasteiger partial charge in [0.1, 0.15) is 0 Å². The Morgan fingerprint density at radius 2 is 1.69 bits per heavy atom. The van der Waals surface area contributed by atoms with Crippen molar-refractivity contribution in [2.45, 2.75) is 40.2 Å². The Labute approximate surface area is 97.4 Å². The summed E-state index contributed by atoms with van der Waals surface area (Å²) in [5, 5.41) is 3.28. The van der Waals surface area contributed by atoms with Crippen molar-refractivity contribution < 1.29 is 9.59 Å². The summed E-state index contributed by atoms with van der Waals surface area (Å²) in [6, 6.07) is 0.218. The van der Waals surface area contributed by atoms with Crippen LogP contribution in [-0.4, -0.2) is 35.8 Å². The van der Waals surface area contributed by atoms with E-state index < -0.39 is 0 Å². The van der Waals surface area contributed by atoms with E-state index in [2.05, 4.69) is 12.2 Å². The summed E-state index contributed by atoms with van der Waals surface area (Å²) in [5.74, 6) is -0.360. The van der Waals surface area contributed by atoms with Gasteiger partial charge in [-0.05, 0) is 13.0 Å². The minimum Gasteiger partial charge on any atom is -0.312 e. The average molecular weight is 226 g/mol. The van der Waals surface area contributed by atoms with Crippen molar-refractivity contribution in [2.24, 2.45) is 11.8 Å². The Balaban J connectivity index is 2.66. The monoisotopic (exact) mass is 226 g/mol. The number of nitrogens with zero attached hydrogens (tertiary/aromatic N) is 1. The summed E-state index contributed by atoms with van der Waals surface area (Å²) in [7, 11) is 0. The summed E-state index contributed by atoms with van der Waals surface area (Å²) in [5.41, 5.74) is 0. The molecular formula is C12H22N2O2. The summed E-state index contributed by atoms with van der Waals surface area (Å²) in [6.07, 6.45) is 0.924. The van der Waals surface area contributed by atoms with Crippen LogP contribution in [0.25, 0.3) is 0 Å². The molecule has 0 aromatic carbocycles. The van der Waals surface area contributed by atoms with Crippen LogP contribution in [0, 0.1) is 11.8 Å². The van der Waals surface area contributed by atoms with Gasteiger partial charge in [0, 0.05) is 24.4 Å². The Hall–Kier alpha value is -0.900. The minimum absolute atomic E-state index is 0.0196. The lowest BCUT2D eigenvalue weighted by Crippen LogP contribution is -2.43. The maximum atomic E-state index is 11.9. The first kappa shape index (κ1) is 13.2. The molecule has 0 aromatic rings. The number of likely N-dealkylation sites (tertiary alicyclic amines) is 1. The normalized spacial score (nSPS) is 27.6. The fourth-order valence-corrected chi connectivity index (χ4v) is 2.05. The second-order valence-corrected chi connectivity index (χ2v) is 4.53. The lowest BCUT2D eigenvalue weighted by molar-refractivity contribution is -0.140. The lowest BCUT2D eigenvalue weighted by atomic mass is 10.00. The van der Waals surface area contributed by atoms with E-state index in [-0.39, 0.29) is 29.7 Å². The van der Waals surface area contributed by atoms with Gasteiger partial charge in [-0.3, -0.25) is 14.5 Å². The predicted molar refractivity (Wildman–Crippen MR) is 62.8 cm³/mol. The van der Waals surface area contributed by atoms with E-state index in [1.165, 1.54) is 4.90 Å². The van der Waals surface area contributed by atoms with Gasteiger partial charge in [0.2, 0.25) is 11.8 Å². The second-order valence-electron chi connectivity index (χ2n) is 4.53. The van der Waals surface area contributed by atoms with Crippen LogP contribution in [0.3, 0.4) is 0 Å². The molecule has 0 bridgehead atoms. The third kappa shape index (κ3) is 2.43. The molecule has 4 nitrogen and oxygen atoms in total. The van der Waals surface area contributed by atoms with Crippen LogP contribution in [0.4, 0.5) is 0 Å². The number of likely N-dealkylation sites (N-methyl/N-ethyl adjacent to an activating group) is 1. The van der Waals surface area contributed by atoms with Crippen LogP contribution < -0.4 is 5.32 Å². The van der Waals surface area contributed by atoms with E-state index in [0.29, 0.717) is 6.54 Å². The van der Waals surface area contributed by atoms with E-state index in [0.717, 1.165) is 13.0 Å². The number of hydrogen-bond donors (Lipinski definition) is 1. The molecule has 1 aliphatic rings. The summed E-state index contributed by atoms with van der Waals surface area (Å²) >= 11 is 0. The van der Waals surface area contributed by atoms with Crippen LogP contribution in [0.1, 0.15) is 34.1 Å². The molecule has 0 radical (unpaired) electrons. The van der Waals surface area contributed by atoms with Gasteiger partial charge in [0.15, 0.2) is 0 Å². The molecule has 16 heavy (non-hydrogen) atoms. The highest BCUT2D eigenvalue weighted by molar-refractivity contribution is 6.04. The molecule has 3 atom stereocenters. The molecule has 0 aromatic heterocycles. The predicted octanol–water partition coefficient (Wildman–Crippen LogP) is 1.02. The van der Waals surface area contributed by atoms with Gasteiger partial charge < -0.3 is 5.32 Å². The van der Waals surface area contributed by atoms with E-state index in [4.69, 9.17) is 0 Å². The Morgan fingerprint density at radius 3 is 2.06 bits per heavy atom. The molecule has 2 amide bonds. The van der Waals surface area contributed by atoms with Crippen molar-refractivity contribution in [3.63, 3.8) is 0 Å². The maximum absolute atomic E-state index is 11.9. The van der Waals surface area contributed by atoms with Crippen LogP contribution in [0.15, 0.2) is 0 Å². The summed E-state index contributed by atoms with van der Waals surface area (Å²) in [6.45, 7) is 9.13. The van der Waals surface area contributed by atoms with Crippen LogP contribution in [0.5, 0.6) is 0 Å². The standard InChI is InChI=1S/C12H22N2O2/c1-5-10(13-6-2)7-14-11(15)8(3)9(4)12(14)16/h8-10,13H,5-7H2,1-4H3.